The second kappa shape index (κ2) is 9.41. The number of esters is 2. The van der Waals surface area contributed by atoms with Crippen LogP contribution in [0.15, 0.2) is 24.3 Å². The Kier molecular flexibility index (Phi) is 7.23. The second-order valence-corrected chi connectivity index (χ2v) is 6.17. The number of halogens is 1. The summed E-state index contributed by atoms with van der Waals surface area (Å²) in [7, 11) is 1.49. The van der Waals surface area contributed by atoms with Crippen molar-refractivity contribution >= 4 is 29.3 Å². The minimum absolute atomic E-state index is 0.0738. The molecular formula is C20H22ClNO6. The standard InChI is InChI=1S/C20H22ClNO6/c1-4-27-15(23)10-14-16(20(26)28-5-2)19(25)17(22(14)3)18(24)13-9-7-6-8-12(13)11-21/h6-9,25H,4-5,10-11H2,1-3H3. The molecule has 8 heteroatoms. The highest BCUT2D eigenvalue weighted by molar-refractivity contribution is 6.19. The van der Waals surface area contributed by atoms with E-state index in [2.05, 4.69) is 0 Å². The van der Waals surface area contributed by atoms with E-state index in [-0.39, 0.29) is 42.5 Å². The van der Waals surface area contributed by atoms with Crippen LogP contribution in [0.4, 0.5) is 0 Å². The highest BCUT2D eigenvalue weighted by Crippen LogP contribution is 2.33. The van der Waals surface area contributed by atoms with Crippen molar-refractivity contribution in [3.63, 3.8) is 0 Å². The van der Waals surface area contributed by atoms with Gasteiger partial charge in [-0.3, -0.25) is 9.59 Å². The molecule has 7 nitrogen and oxygen atoms in total. The van der Waals surface area contributed by atoms with Gasteiger partial charge >= 0.3 is 11.9 Å². The molecule has 0 fully saturated rings. The van der Waals surface area contributed by atoms with E-state index in [0.717, 1.165) is 0 Å². The van der Waals surface area contributed by atoms with Gasteiger partial charge in [0.1, 0.15) is 11.3 Å². The van der Waals surface area contributed by atoms with Crippen LogP contribution in [-0.4, -0.2) is 40.6 Å². The molecule has 0 radical (unpaired) electrons. The molecule has 28 heavy (non-hydrogen) atoms. The third kappa shape index (κ3) is 4.20. The summed E-state index contributed by atoms with van der Waals surface area (Å²) in [5.41, 5.74) is 0.677. The summed E-state index contributed by atoms with van der Waals surface area (Å²) in [6, 6.07) is 6.71. The molecule has 0 saturated heterocycles. The molecule has 0 aliphatic heterocycles. The summed E-state index contributed by atoms with van der Waals surface area (Å²) in [5, 5.41) is 10.7. The number of alkyl halides is 1. The highest BCUT2D eigenvalue weighted by atomic mass is 35.5. The van der Waals surface area contributed by atoms with Crippen molar-refractivity contribution < 1.29 is 29.0 Å². The van der Waals surface area contributed by atoms with Gasteiger partial charge in [0.15, 0.2) is 5.75 Å². The van der Waals surface area contributed by atoms with E-state index >= 15 is 0 Å². The minimum Gasteiger partial charge on any atom is -0.505 e. The number of ether oxygens (including phenoxy) is 2. The van der Waals surface area contributed by atoms with Crippen molar-refractivity contribution in [1.82, 2.24) is 4.57 Å². The van der Waals surface area contributed by atoms with Gasteiger partial charge in [-0.15, -0.1) is 11.6 Å². The maximum Gasteiger partial charge on any atom is 0.343 e. The van der Waals surface area contributed by atoms with Gasteiger partial charge in [-0.2, -0.15) is 0 Å². The summed E-state index contributed by atoms with van der Waals surface area (Å²) in [5.74, 6) is -2.35. The molecule has 0 unspecified atom stereocenters. The average Bonchev–Trinajstić information content (AvgIpc) is 2.91. The summed E-state index contributed by atoms with van der Waals surface area (Å²) in [6.07, 6.45) is -0.295. The predicted octanol–water partition coefficient (Wildman–Crippen LogP) is 2.98. The number of rotatable bonds is 8. The number of carbonyl (C=O) groups excluding carboxylic acids is 3. The Morgan fingerprint density at radius 1 is 1.11 bits per heavy atom. The smallest absolute Gasteiger partial charge is 0.343 e. The summed E-state index contributed by atoms with van der Waals surface area (Å²) in [4.78, 5) is 37.5. The predicted molar refractivity (Wildman–Crippen MR) is 103 cm³/mol. The molecule has 1 aromatic heterocycles. The molecule has 2 aromatic rings. The molecule has 0 aliphatic carbocycles. The Hall–Kier alpha value is -2.80. The number of aromatic hydroxyl groups is 1. The molecular weight excluding hydrogens is 386 g/mol. The molecule has 1 aromatic carbocycles. The van der Waals surface area contributed by atoms with Crippen LogP contribution in [-0.2, 0) is 33.6 Å². The van der Waals surface area contributed by atoms with Crippen LogP contribution in [0, 0.1) is 0 Å². The van der Waals surface area contributed by atoms with Gasteiger partial charge in [0.05, 0.1) is 19.6 Å². The number of aromatic nitrogens is 1. The number of ketones is 1. The van der Waals surface area contributed by atoms with Crippen molar-refractivity contribution in [2.45, 2.75) is 26.1 Å². The fourth-order valence-electron chi connectivity index (χ4n) is 2.94. The molecule has 2 rings (SSSR count). The quantitative estimate of drug-likeness (QED) is 0.410. The molecule has 0 spiro atoms. The SMILES string of the molecule is CCOC(=O)Cc1c(C(=O)OCC)c(O)c(C(=O)c2ccccc2CCl)n1C. The van der Waals surface area contributed by atoms with Crippen molar-refractivity contribution in [3.05, 3.63) is 52.3 Å². The van der Waals surface area contributed by atoms with Crippen molar-refractivity contribution in [3.8, 4) is 5.75 Å². The van der Waals surface area contributed by atoms with E-state index in [1.807, 2.05) is 0 Å². The Labute approximate surface area is 167 Å². The molecule has 0 bridgehead atoms. The average molecular weight is 408 g/mol. The molecule has 0 atom stereocenters. The third-order valence-corrected chi connectivity index (χ3v) is 4.50. The summed E-state index contributed by atoms with van der Waals surface area (Å²) in [6.45, 7) is 3.51. The molecule has 150 valence electrons. The van der Waals surface area contributed by atoms with Gasteiger partial charge in [-0.05, 0) is 19.4 Å². The normalized spacial score (nSPS) is 10.6. The number of carbonyl (C=O) groups is 3. The van der Waals surface area contributed by atoms with Gasteiger partial charge in [0, 0.05) is 24.2 Å². The third-order valence-electron chi connectivity index (χ3n) is 4.21. The second-order valence-electron chi connectivity index (χ2n) is 5.90. The van der Waals surface area contributed by atoms with Crippen LogP contribution in [0.2, 0.25) is 0 Å². The highest BCUT2D eigenvalue weighted by Gasteiger charge is 2.32. The lowest BCUT2D eigenvalue weighted by Crippen LogP contribution is -2.16. The fraction of sp³-hybridized carbons (Fsp3) is 0.350. The van der Waals surface area contributed by atoms with Crippen LogP contribution >= 0.6 is 11.6 Å². The molecule has 0 aliphatic rings. The fourth-order valence-corrected chi connectivity index (χ4v) is 3.17. The van der Waals surface area contributed by atoms with Gasteiger partial charge in [-0.1, -0.05) is 24.3 Å². The Bertz CT molecular complexity index is 902. The Balaban J connectivity index is 2.63. The van der Waals surface area contributed by atoms with E-state index in [1.54, 1.807) is 38.1 Å². The van der Waals surface area contributed by atoms with E-state index in [1.165, 1.54) is 11.6 Å². The monoisotopic (exact) mass is 407 g/mol. The maximum atomic E-state index is 13.1. The topological polar surface area (TPSA) is 94.8 Å². The van der Waals surface area contributed by atoms with E-state index < -0.39 is 23.5 Å². The first-order valence-electron chi connectivity index (χ1n) is 8.79. The maximum absolute atomic E-state index is 13.1. The number of benzene rings is 1. The molecule has 0 saturated carbocycles. The summed E-state index contributed by atoms with van der Waals surface area (Å²) >= 11 is 5.92. The zero-order valence-corrected chi connectivity index (χ0v) is 16.7. The van der Waals surface area contributed by atoms with Gasteiger partial charge in [0.2, 0.25) is 5.78 Å². The van der Waals surface area contributed by atoms with Crippen LogP contribution in [0.5, 0.6) is 5.75 Å². The van der Waals surface area contributed by atoms with Crippen LogP contribution < -0.4 is 0 Å². The first-order valence-corrected chi connectivity index (χ1v) is 9.32. The summed E-state index contributed by atoms with van der Waals surface area (Å²) < 4.78 is 11.3. The number of hydrogen-bond acceptors (Lipinski definition) is 6. The van der Waals surface area contributed by atoms with Crippen molar-refractivity contribution in [2.75, 3.05) is 13.2 Å². The van der Waals surface area contributed by atoms with E-state index in [4.69, 9.17) is 21.1 Å². The molecule has 1 N–H and O–H groups in total. The van der Waals surface area contributed by atoms with Crippen LogP contribution in [0.25, 0.3) is 0 Å². The lowest BCUT2D eigenvalue weighted by atomic mass is 10.0. The van der Waals surface area contributed by atoms with E-state index in [0.29, 0.717) is 11.1 Å². The van der Waals surface area contributed by atoms with Crippen LogP contribution in [0.1, 0.15) is 51.5 Å². The van der Waals surface area contributed by atoms with E-state index in [9.17, 15) is 19.5 Å². The molecule has 0 amide bonds. The first kappa shape index (κ1) is 21.5. The van der Waals surface area contributed by atoms with Gasteiger partial charge < -0.3 is 19.1 Å². The zero-order valence-electron chi connectivity index (χ0n) is 16.0. The van der Waals surface area contributed by atoms with Gasteiger partial charge in [-0.25, -0.2) is 4.79 Å². The van der Waals surface area contributed by atoms with Gasteiger partial charge in [0.25, 0.3) is 0 Å². The van der Waals surface area contributed by atoms with Crippen molar-refractivity contribution in [2.24, 2.45) is 7.05 Å². The Morgan fingerprint density at radius 2 is 1.75 bits per heavy atom. The zero-order chi connectivity index (χ0) is 20.8. The van der Waals surface area contributed by atoms with Crippen molar-refractivity contribution in [1.29, 1.82) is 0 Å². The minimum atomic E-state index is -0.820. The largest absolute Gasteiger partial charge is 0.505 e. The number of hydrogen-bond donors (Lipinski definition) is 1. The lowest BCUT2D eigenvalue weighted by molar-refractivity contribution is -0.142. The first-order chi connectivity index (χ1) is 13.4. The van der Waals surface area contributed by atoms with Crippen LogP contribution in [0.3, 0.4) is 0 Å². The molecule has 1 heterocycles. The number of nitrogens with zero attached hydrogens (tertiary/aromatic N) is 1. The Morgan fingerprint density at radius 3 is 2.36 bits per heavy atom. The lowest BCUT2D eigenvalue weighted by Gasteiger charge is -2.09.